The number of amides is 1. The van der Waals surface area contributed by atoms with E-state index in [1.165, 1.54) is 0 Å². The van der Waals surface area contributed by atoms with Crippen LogP contribution in [0.15, 0.2) is 48.7 Å². The van der Waals surface area contributed by atoms with Gasteiger partial charge >= 0.3 is 0 Å². The minimum Gasteiger partial charge on any atom is -0.324 e. The molecular formula is C20H19ClN4O. The van der Waals surface area contributed by atoms with Crippen molar-refractivity contribution in [3.8, 4) is 0 Å². The minimum absolute atomic E-state index is 0.257. The Bertz CT molecular complexity index is 949. The quantitative estimate of drug-likeness (QED) is 0.678. The predicted octanol–water partition coefficient (Wildman–Crippen LogP) is 5.05. The van der Waals surface area contributed by atoms with Crippen molar-refractivity contribution in [1.82, 2.24) is 9.97 Å². The number of benzene rings is 2. The number of hydrogen-bond acceptors (Lipinski definition) is 4. The lowest BCUT2D eigenvalue weighted by Gasteiger charge is -2.12. The van der Waals surface area contributed by atoms with E-state index in [9.17, 15) is 4.79 Å². The van der Waals surface area contributed by atoms with Gasteiger partial charge in [0.05, 0.1) is 10.7 Å². The minimum atomic E-state index is -0.339. The van der Waals surface area contributed by atoms with Crippen LogP contribution < -0.4 is 10.6 Å². The Labute approximate surface area is 157 Å². The van der Waals surface area contributed by atoms with Gasteiger partial charge in [-0.15, -0.1) is 0 Å². The van der Waals surface area contributed by atoms with Gasteiger partial charge in [-0.3, -0.25) is 4.79 Å². The van der Waals surface area contributed by atoms with Gasteiger partial charge in [0.1, 0.15) is 5.69 Å². The highest BCUT2D eigenvalue weighted by atomic mass is 35.5. The molecule has 0 saturated carbocycles. The van der Waals surface area contributed by atoms with E-state index in [2.05, 4.69) is 20.6 Å². The molecule has 0 saturated heterocycles. The Hall–Kier alpha value is -2.92. The molecule has 0 atom stereocenters. The second kappa shape index (κ2) is 7.54. The van der Waals surface area contributed by atoms with Crippen LogP contribution in [0.4, 0.5) is 17.3 Å². The fourth-order valence-electron chi connectivity index (χ4n) is 2.63. The van der Waals surface area contributed by atoms with E-state index in [0.717, 1.165) is 22.4 Å². The molecule has 0 radical (unpaired) electrons. The summed E-state index contributed by atoms with van der Waals surface area (Å²) in [7, 11) is 0. The second-order valence-electron chi connectivity index (χ2n) is 6.10. The maximum atomic E-state index is 12.6. The standard InChI is InChI=1S/C20H19ClN4O/c1-12-10-14(3)18(15(21)11-12)25-19(26)17-8-9-22-20(24-17)23-16-7-5-4-6-13(16)2/h4-11H,1-3H3,(H,25,26)(H,22,23,24). The molecule has 132 valence electrons. The van der Waals surface area contributed by atoms with Crippen LogP contribution in [0.1, 0.15) is 27.2 Å². The largest absolute Gasteiger partial charge is 0.324 e. The van der Waals surface area contributed by atoms with Gasteiger partial charge < -0.3 is 10.6 Å². The molecule has 0 fully saturated rings. The van der Waals surface area contributed by atoms with E-state index in [1.807, 2.05) is 57.2 Å². The maximum Gasteiger partial charge on any atom is 0.274 e. The van der Waals surface area contributed by atoms with Gasteiger partial charge in [-0.1, -0.05) is 35.9 Å². The molecule has 2 N–H and O–H groups in total. The van der Waals surface area contributed by atoms with Crippen LogP contribution in [-0.4, -0.2) is 15.9 Å². The summed E-state index contributed by atoms with van der Waals surface area (Å²) in [5.74, 6) is 0.0211. The summed E-state index contributed by atoms with van der Waals surface area (Å²) >= 11 is 6.26. The van der Waals surface area contributed by atoms with E-state index >= 15 is 0 Å². The van der Waals surface area contributed by atoms with Crippen LogP contribution >= 0.6 is 11.6 Å². The lowest BCUT2D eigenvalue weighted by Crippen LogP contribution is -2.16. The monoisotopic (exact) mass is 366 g/mol. The summed E-state index contributed by atoms with van der Waals surface area (Å²) in [6.45, 7) is 5.85. The van der Waals surface area contributed by atoms with Crippen molar-refractivity contribution in [2.45, 2.75) is 20.8 Å². The number of aryl methyl sites for hydroxylation is 3. The highest BCUT2D eigenvalue weighted by Crippen LogP contribution is 2.27. The average molecular weight is 367 g/mol. The smallest absolute Gasteiger partial charge is 0.274 e. The van der Waals surface area contributed by atoms with Crippen molar-refractivity contribution in [3.05, 3.63) is 76.1 Å². The van der Waals surface area contributed by atoms with Crippen LogP contribution in [0, 0.1) is 20.8 Å². The Morgan fingerprint density at radius 3 is 2.54 bits per heavy atom. The molecule has 3 rings (SSSR count). The molecule has 26 heavy (non-hydrogen) atoms. The summed E-state index contributed by atoms with van der Waals surface area (Å²) < 4.78 is 0. The zero-order valence-corrected chi connectivity index (χ0v) is 15.6. The van der Waals surface area contributed by atoms with Crippen LogP contribution in [0.25, 0.3) is 0 Å². The van der Waals surface area contributed by atoms with Crippen LogP contribution in [0.5, 0.6) is 0 Å². The number of carbonyl (C=O) groups is 1. The van der Waals surface area contributed by atoms with Crippen LogP contribution in [-0.2, 0) is 0 Å². The van der Waals surface area contributed by atoms with Crippen LogP contribution in [0.2, 0.25) is 5.02 Å². The van der Waals surface area contributed by atoms with Gasteiger partial charge in [0.25, 0.3) is 5.91 Å². The van der Waals surface area contributed by atoms with Crippen LogP contribution in [0.3, 0.4) is 0 Å². The molecule has 0 unspecified atom stereocenters. The van der Waals surface area contributed by atoms with Gasteiger partial charge in [0, 0.05) is 11.9 Å². The number of rotatable bonds is 4. The summed E-state index contributed by atoms with van der Waals surface area (Å²) in [6, 6.07) is 13.1. The van der Waals surface area contributed by atoms with Gasteiger partial charge in [-0.2, -0.15) is 0 Å². The second-order valence-corrected chi connectivity index (χ2v) is 6.51. The van der Waals surface area contributed by atoms with E-state index in [-0.39, 0.29) is 11.6 Å². The Balaban J connectivity index is 1.82. The molecular weight excluding hydrogens is 348 g/mol. The Morgan fingerprint density at radius 1 is 1.04 bits per heavy atom. The molecule has 3 aromatic rings. The van der Waals surface area contributed by atoms with E-state index < -0.39 is 0 Å². The number of halogens is 1. The first-order chi connectivity index (χ1) is 12.4. The normalized spacial score (nSPS) is 10.5. The zero-order valence-electron chi connectivity index (χ0n) is 14.8. The molecule has 0 aliphatic carbocycles. The molecule has 2 aromatic carbocycles. The lowest BCUT2D eigenvalue weighted by atomic mass is 10.1. The highest BCUT2D eigenvalue weighted by molar-refractivity contribution is 6.34. The average Bonchev–Trinajstić information content (AvgIpc) is 2.60. The number of nitrogens with one attached hydrogen (secondary N) is 2. The fraction of sp³-hybridized carbons (Fsp3) is 0.150. The third-order valence-corrected chi connectivity index (χ3v) is 4.25. The van der Waals surface area contributed by atoms with Crippen molar-refractivity contribution >= 4 is 34.8 Å². The first-order valence-electron chi connectivity index (χ1n) is 8.18. The first-order valence-corrected chi connectivity index (χ1v) is 8.55. The molecule has 5 nitrogen and oxygen atoms in total. The SMILES string of the molecule is Cc1cc(C)c(NC(=O)c2ccnc(Nc3ccccc3C)n2)c(Cl)c1. The van der Waals surface area contributed by atoms with Crippen molar-refractivity contribution in [1.29, 1.82) is 0 Å². The molecule has 0 aliphatic rings. The molecule has 1 heterocycles. The molecule has 0 bridgehead atoms. The van der Waals surface area contributed by atoms with Crippen molar-refractivity contribution in [3.63, 3.8) is 0 Å². The van der Waals surface area contributed by atoms with Gasteiger partial charge in [-0.25, -0.2) is 9.97 Å². The highest BCUT2D eigenvalue weighted by Gasteiger charge is 2.13. The Kier molecular flexibility index (Phi) is 5.19. The van der Waals surface area contributed by atoms with E-state index in [1.54, 1.807) is 12.3 Å². The number of hydrogen-bond donors (Lipinski definition) is 2. The summed E-state index contributed by atoms with van der Waals surface area (Å²) in [6.07, 6.45) is 1.55. The molecule has 6 heteroatoms. The molecule has 0 aliphatic heterocycles. The summed E-state index contributed by atoms with van der Waals surface area (Å²) in [4.78, 5) is 21.1. The van der Waals surface area contributed by atoms with E-state index in [0.29, 0.717) is 16.7 Å². The zero-order chi connectivity index (χ0) is 18.7. The third kappa shape index (κ3) is 4.00. The number of nitrogens with zero attached hydrogens (tertiary/aromatic N) is 2. The molecule has 1 aromatic heterocycles. The van der Waals surface area contributed by atoms with Gasteiger partial charge in [0.2, 0.25) is 5.95 Å². The Morgan fingerprint density at radius 2 is 1.81 bits per heavy atom. The topological polar surface area (TPSA) is 66.9 Å². The summed E-state index contributed by atoms with van der Waals surface area (Å²) in [5, 5.41) is 6.47. The third-order valence-electron chi connectivity index (χ3n) is 3.95. The molecule has 0 spiro atoms. The molecule has 1 amide bonds. The lowest BCUT2D eigenvalue weighted by molar-refractivity contribution is 0.102. The predicted molar refractivity (Wildman–Crippen MR) is 105 cm³/mol. The van der Waals surface area contributed by atoms with Crippen molar-refractivity contribution < 1.29 is 4.79 Å². The number of anilines is 3. The van der Waals surface area contributed by atoms with E-state index in [4.69, 9.17) is 11.6 Å². The van der Waals surface area contributed by atoms with Crippen molar-refractivity contribution in [2.75, 3.05) is 10.6 Å². The van der Waals surface area contributed by atoms with Gasteiger partial charge in [0.15, 0.2) is 0 Å². The van der Waals surface area contributed by atoms with Gasteiger partial charge in [-0.05, 0) is 55.7 Å². The summed E-state index contributed by atoms with van der Waals surface area (Å²) in [5.41, 5.74) is 4.74. The number of para-hydroxylation sites is 1. The van der Waals surface area contributed by atoms with Crippen molar-refractivity contribution in [2.24, 2.45) is 0 Å². The number of carbonyl (C=O) groups excluding carboxylic acids is 1. The number of aromatic nitrogens is 2. The fourth-order valence-corrected chi connectivity index (χ4v) is 3.00. The first kappa shape index (κ1) is 17.9. The maximum absolute atomic E-state index is 12.6.